The van der Waals surface area contributed by atoms with Gasteiger partial charge in [-0.25, -0.2) is 0 Å². The first-order valence-electron chi connectivity index (χ1n) is 5.63. The molecule has 1 heterocycles. The van der Waals surface area contributed by atoms with Gasteiger partial charge in [-0.15, -0.1) is 0 Å². The van der Waals surface area contributed by atoms with Crippen molar-refractivity contribution in [3.8, 4) is 0 Å². The number of nitrogens with two attached hydrogens (primary N) is 1. The van der Waals surface area contributed by atoms with Crippen LogP contribution < -0.4 is 16.4 Å². The van der Waals surface area contributed by atoms with Gasteiger partial charge < -0.3 is 16.4 Å². The molecule has 0 aromatic carbocycles. The van der Waals surface area contributed by atoms with Crippen LogP contribution in [0, 0.1) is 5.41 Å². The van der Waals surface area contributed by atoms with Crippen LogP contribution in [0.5, 0.6) is 0 Å². The molecule has 4 N–H and O–H groups in total. The number of hydrogen-bond donors (Lipinski definition) is 3. The summed E-state index contributed by atoms with van der Waals surface area (Å²) in [6.45, 7) is 6.29. The molecule has 0 aromatic heterocycles. The van der Waals surface area contributed by atoms with Gasteiger partial charge in [-0.05, 0) is 11.8 Å². The van der Waals surface area contributed by atoms with Gasteiger partial charge in [0.05, 0.1) is 6.04 Å². The van der Waals surface area contributed by atoms with Crippen LogP contribution in [0.25, 0.3) is 0 Å². The Kier molecular flexibility index (Phi) is 3.91. The van der Waals surface area contributed by atoms with Crippen molar-refractivity contribution in [3.63, 3.8) is 0 Å². The second-order valence-electron chi connectivity index (χ2n) is 5.39. The van der Waals surface area contributed by atoms with E-state index >= 15 is 0 Å². The fraction of sp³-hybridized carbons (Fsp3) is 0.818. The van der Waals surface area contributed by atoms with Gasteiger partial charge in [-0.1, -0.05) is 20.8 Å². The summed E-state index contributed by atoms with van der Waals surface area (Å²) in [5.74, 6) is -0.0979. The predicted molar refractivity (Wildman–Crippen MR) is 61.6 cm³/mol. The fourth-order valence-electron chi connectivity index (χ4n) is 1.54. The maximum Gasteiger partial charge on any atom is 0.237 e. The quantitative estimate of drug-likeness (QED) is 0.608. The summed E-state index contributed by atoms with van der Waals surface area (Å²) in [7, 11) is 0. The molecule has 2 amide bonds. The lowest BCUT2D eigenvalue weighted by Crippen LogP contribution is -2.55. The van der Waals surface area contributed by atoms with E-state index in [4.69, 9.17) is 5.73 Å². The number of carbonyl (C=O) groups is 2. The molecule has 1 unspecified atom stereocenters. The van der Waals surface area contributed by atoms with Crippen LogP contribution in [0.3, 0.4) is 0 Å². The van der Waals surface area contributed by atoms with Gasteiger partial charge >= 0.3 is 0 Å². The third-order valence-electron chi connectivity index (χ3n) is 2.83. The zero-order valence-electron chi connectivity index (χ0n) is 10.2. The SMILES string of the molecule is CC(C)(C)[C@H](N)C(=O)NC1CCC(=O)NC1. The molecule has 5 heteroatoms. The Bertz CT molecular complexity index is 273. The summed E-state index contributed by atoms with van der Waals surface area (Å²) in [4.78, 5) is 22.7. The largest absolute Gasteiger partial charge is 0.354 e. The minimum Gasteiger partial charge on any atom is -0.354 e. The molecular formula is C11H21N3O2. The van der Waals surface area contributed by atoms with Crippen molar-refractivity contribution in [1.82, 2.24) is 10.6 Å². The predicted octanol–water partition coefficient (Wildman–Crippen LogP) is -0.245. The first-order valence-corrected chi connectivity index (χ1v) is 5.63. The molecule has 5 nitrogen and oxygen atoms in total. The van der Waals surface area contributed by atoms with Gasteiger partial charge in [-0.3, -0.25) is 9.59 Å². The molecule has 1 saturated heterocycles. The minimum absolute atomic E-state index is 0.0126. The molecule has 92 valence electrons. The Morgan fingerprint density at radius 3 is 2.62 bits per heavy atom. The summed E-state index contributed by atoms with van der Waals surface area (Å²) < 4.78 is 0. The minimum atomic E-state index is -0.523. The lowest BCUT2D eigenvalue weighted by Gasteiger charge is -2.29. The van der Waals surface area contributed by atoms with Crippen molar-refractivity contribution in [2.24, 2.45) is 11.1 Å². The molecule has 0 radical (unpaired) electrons. The van der Waals surface area contributed by atoms with Crippen LogP contribution in [-0.2, 0) is 9.59 Å². The molecule has 0 bridgehead atoms. The second kappa shape index (κ2) is 4.82. The van der Waals surface area contributed by atoms with E-state index in [9.17, 15) is 9.59 Å². The van der Waals surface area contributed by atoms with Crippen molar-refractivity contribution in [2.45, 2.75) is 45.7 Å². The Morgan fingerprint density at radius 1 is 1.56 bits per heavy atom. The molecule has 2 atom stereocenters. The summed E-state index contributed by atoms with van der Waals surface area (Å²) in [6.07, 6.45) is 1.16. The zero-order valence-corrected chi connectivity index (χ0v) is 10.2. The highest BCUT2D eigenvalue weighted by Crippen LogP contribution is 2.17. The first-order chi connectivity index (χ1) is 7.30. The third kappa shape index (κ3) is 3.48. The van der Waals surface area contributed by atoms with E-state index in [-0.39, 0.29) is 23.3 Å². The van der Waals surface area contributed by atoms with Gasteiger partial charge in [-0.2, -0.15) is 0 Å². The smallest absolute Gasteiger partial charge is 0.237 e. The molecule has 1 aliphatic rings. The maximum atomic E-state index is 11.8. The Hall–Kier alpha value is -1.10. The van der Waals surface area contributed by atoms with Gasteiger partial charge in [0.1, 0.15) is 0 Å². The number of rotatable bonds is 2. The van der Waals surface area contributed by atoms with E-state index in [2.05, 4.69) is 10.6 Å². The van der Waals surface area contributed by atoms with E-state index in [1.807, 2.05) is 20.8 Å². The number of hydrogen-bond acceptors (Lipinski definition) is 3. The average Bonchev–Trinajstić information content (AvgIpc) is 2.19. The van der Waals surface area contributed by atoms with Crippen LogP contribution in [0.4, 0.5) is 0 Å². The molecule has 0 aliphatic carbocycles. The van der Waals surface area contributed by atoms with E-state index in [1.54, 1.807) is 0 Å². The monoisotopic (exact) mass is 227 g/mol. The van der Waals surface area contributed by atoms with E-state index in [0.29, 0.717) is 19.4 Å². The fourth-order valence-corrected chi connectivity index (χ4v) is 1.54. The van der Waals surface area contributed by atoms with Gasteiger partial charge in [0.2, 0.25) is 11.8 Å². The van der Waals surface area contributed by atoms with Crippen LogP contribution in [-0.4, -0.2) is 30.4 Å². The van der Waals surface area contributed by atoms with Gasteiger partial charge in [0, 0.05) is 19.0 Å². The standard InChI is InChI=1S/C11H21N3O2/c1-11(2,3)9(12)10(16)14-7-4-5-8(15)13-6-7/h7,9H,4-6,12H2,1-3H3,(H,13,15)(H,14,16)/t7?,9-/m1/s1. The van der Waals surface area contributed by atoms with Crippen LogP contribution in [0.15, 0.2) is 0 Å². The highest BCUT2D eigenvalue weighted by molar-refractivity contribution is 5.83. The van der Waals surface area contributed by atoms with E-state index in [1.165, 1.54) is 0 Å². The summed E-state index contributed by atoms with van der Waals surface area (Å²) in [5.41, 5.74) is 5.59. The number of carbonyl (C=O) groups excluding carboxylic acids is 2. The Morgan fingerprint density at radius 2 is 2.19 bits per heavy atom. The third-order valence-corrected chi connectivity index (χ3v) is 2.83. The Balaban J connectivity index is 2.43. The highest BCUT2D eigenvalue weighted by Gasteiger charge is 2.29. The molecule has 0 aromatic rings. The molecule has 1 rings (SSSR count). The molecule has 16 heavy (non-hydrogen) atoms. The average molecular weight is 227 g/mol. The molecule has 1 aliphatic heterocycles. The number of nitrogens with one attached hydrogen (secondary N) is 2. The number of piperidine rings is 1. The molecular weight excluding hydrogens is 206 g/mol. The summed E-state index contributed by atoms with van der Waals surface area (Å²) in [5, 5.41) is 5.59. The van der Waals surface area contributed by atoms with Crippen molar-refractivity contribution in [2.75, 3.05) is 6.54 Å². The van der Waals surface area contributed by atoms with Crippen molar-refractivity contribution in [1.29, 1.82) is 0 Å². The normalized spacial score (nSPS) is 23.5. The zero-order chi connectivity index (χ0) is 12.3. The topological polar surface area (TPSA) is 84.2 Å². The number of amides is 2. The van der Waals surface area contributed by atoms with Crippen LogP contribution in [0.2, 0.25) is 0 Å². The van der Waals surface area contributed by atoms with Crippen molar-refractivity contribution >= 4 is 11.8 Å². The highest BCUT2D eigenvalue weighted by atomic mass is 16.2. The van der Waals surface area contributed by atoms with Crippen LogP contribution in [0.1, 0.15) is 33.6 Å². The lowest BCUT2D eigenvalue weighted by atomic mass is 9.86. The second-order valence-corrected chi connectivity index (χ2v) is 5.39. The molecule has 0 saturated carbocycles. The van der Waals surface area contributed by atoms with E-state index in [0.717, 1.165) is 0 Å². The van der Waals surface area contributed by atoms with Crippen molar-refractivity contribution in [3.05, 3.63) is 0 Å². The molecule has 1 fully saturated rings. The summed E-state index contributed by atoms with van der Waals surface area (Å²) >= 11 is 0. The summed E-state index contributed by atoms with van der Waals surface area (Å²) in [6, 6.07) is -0.510. The van der Waals surface area contributed by atoms with Gasteiger partial charge in [0.15, 0.2) is 0 Å². The van der Waals surface area contributed by atoms with Gasteiger partial charge in [0.25, 0.3) is 0 Å². The molecule has 0 spiro atoms. The van der Waals surface area contributed by atoms with E-state index < -0.39 is 6.04 Å². The Labute approximate surface area is 96.1 Å². The maximum absolute atomic E-state index is 11.8. The lowest BCUT2D eigenvalue weighted by molar-refractivity contribution is -0.127. The van der Waals surface area contributed by atoms with Crippen LogP contribution >= 0.6 is 0 Å². The van der Waals surface area contributed by atoms with Crippen molar-refractivity contribution < 1.29 is 9.59 Å². The first kappa shape index (κ1) is 13.0.